The number of H-pyrrole nitrogens is 1. The van der Waals surface area contributed by atoms with Gasteiger partial charge in [-0.25, -0.2) is 4.98 Å². The van der Waals surface area contributed by atoms with E-state index in [1.807, 2.05) is 0 Å². The first-order valence-corrected chi connectivity index (χ1v) is 3.53. The van der Waals surface area contributed by atoms with E-state index in [9.17, 15) is 4.79 Å². The second kappa shape index (κ2) is 4.95. The van der Waals surface area contributed by atoms with Crippen LogP contribution < -0.4 is 5.73 Å². The fourth-order valence-electron chi connectivity index (χ4n) is 0.676. The molecule has 1 aromatic heterocycles. The standard InChI is InChI=1S/C6H10N6O.CH4/c1-12(2)11-10-6-4(5(7)13)8-3-9-6;/h3H,1-2H3,(H2,7,13)(H,8,9);1H4. The van der Waals surface area contributed by atoms with Gasteiger partial charge in [0, 0.05) is 14.1 Å². The molecule has 7 heteroatoms. The molecule has 3 N–H and O–H groups in total. The first-order chi connectivity index (χ1) is 6.11. The topological polar surface area (TPSA) is 99.7 Å². The number of nitrogens with two attached hydrogens (primary N) is 1. The number of carbonyl (C=O) groups is 1. The lowest BCUT2D eigenvalue weighted by molar-refractivity contribution is 0.0996. The molecule has 0 spiro atoms. The van der Waals surface area contributed by atoms with Crippen LogP contribution in [-0.4, -0.2) is 35.0 Å². The van der Waals surface area contributed by atoms with Gasteiger partial charge < -0.3 is 10.7 Å². The summed E-state index contributed by atoms with van der Waals surface area (Å²) in [5.74, 6) is -0.411. The third-order valence-electron chi connectivity index (χ3n) is 1.18. The van der Waals surface area contributed by atoms with Crippen molar-refractivity contribution >= 4 is 11.7 Å². The van der Waals surface area contributed by atoms with Crippen molar-refractivity contribution in [2.24, 2.45) is 16.1 Å². The zero-order valence-corrected chi connectivity index (χ0v) is 7.35. The third kappa shape index (κ3) is 2.85. The number of hydrogen-bond acceptors (Lipinski definition) is 4. The number of hydrogen-bond donors (Lipinski definition) is 2. The Morgan fingerprint density at radius 1 is 1.64 bits per heavy atom. The normalized spacial score (nSPS) is 9.86. The van der Waals surface area contributed by atoms with Crippen molar-refractivity contribution < 1.29 is 4.79 Å². The Labute approximate surface area is 82.0 Å². The highest BCUT2D eigenvalue weighted by Crippen LogP contribution is 2.12. The summed E-state index contributed by atoms with van der Waals surface area (Å²) in [5, 5.41) is 8.86. The number of nitrogens with zero attached hydrogens (tertiary/aromatic N) is 4. The Morgan fingerprint density at radius 2 is 2.29 bits per heavy atom. The quantitative estimate of drug-likeness (QED) is 0.552. The van der Waals surface area contributed by atoms with Crippen LogP contribution in [-0.2, 0) is 0 Å². The van der Waals surface area contributed by atoms with Crippen molar-refractivity contribution in [3.05, 3.63) is 12.0 Å². The monoisotopic (exact) mass is 198 g/mol. The molecule has 0 aliphatic rings. The number of aromatic nitrogens is 2. The minimum Gasteiger partial charge on any atom is -0.364 e. The number of aromatic amines is 1. The highest BCUT2D eigenvalue weighted by Gasteiger charge is 2.09. The van der Waals surface area contributed by atoms with Gasteiger partial charge in [-0.1, -0.05) is 12.6 Å². The van der Waals surface area contributed by atoms with E-state index in [2.05, 4.69) is 20.3 Å². The summed E-state index contributed by atoms with van der Waals surface area (Å²) in [4.78, 5) is 17.1. The van der Waals surface area contributed by atoms with Gasteiger partial charge in [0.15, 0.2) is 5.69 Å². The van der Waals surface area contributed by atoms with Gasteiger partial charge in [0.1, 0.15) is 0 Å². The maximum Gasteiger partial charge on any atom is 0.269 e. The van der Waals surface area contributed by atoms with Crippen LogP contribution in [0.3, 0.4) is 0 Å². The summed E-state index contributed by atoms with van der Waals surface area (Å²) in [5.41, 5.74) is 5.20. The van der Waals surface area contributed by atoms with Crippen LogP contribution in [0.1, 0.15) is 17.9 Å². The smallest absolute Gasteiger partial charge is 0.269 e. The fourth-order valence-corrected chi connectivity index (χ4v) is 0.676. The summed E-state index contributed by atoms with van der Waals surface area (Å²) in [6, 6.07) is 0. The molecule has 0 aromatic carbocycles. The lowest BCUT2D eigenvalue weighted by atomic mass is 10.4. The summed E-state index contributed by atoms with van der Waals surface area (Å²) < 4.78 is 0. The summed E-state index contributed by atoms with van der Waals surface area (Å²) in [6.45, 7) is 0. The van der Waals surface area contributed by atoms with E-state index in [0.29, 0.717) is 0 Å². The largest absolute Gasteiger partial charge is 0.364 e. The Balaban J connectivity index is 0.00000169. The van der Waals surface area contributed by atoms with E-state index in [0.717, 1.165) is 0 Å². The van der Waals surface area contributed by atoms with E-state index < -0.39 is 5.91 Å². The highest BCUT2D eigenvalue weighted by atomic mass is 16.1. The lowest BCUT2D eigenvalue weighted by Gasteiger charge is -1.98. The number of primary amides is 1. The van der Waals surface area contributed by atoms with Crippen molar-refractivity contribution in [3.8, 4) is 0 Å². The van der Waals surface area contributed by atoms with Gasteiger partial charge in [-0.2, -0.15) is 0 Å². The van der Waals surface area contributed by atoms with E-state index in [1.165, 1.54) is 11.3 Å². The molecule has 0 atom stereocenters. The van der Waals surface area contributed by atoms with E-state index in [4.69, 9.17) is 5.73 Å². The average Bonchev–Trinajstić information content (AvgIpc) is 2.47. The van der Waals surface area contributed by atoms with Gasteiger partial charge >= 0.3 is 0 Å². The molecule has 0 radical (unpaired) electrons. The molecule has 0 aliphatic carbocycles. The molecule has 14 heavy (non-hydrogen) atoms. The molecule has 1 rings (SSSR count). The molecule has 0 aliphatic heterocycles. The maximum absolute atomic E-state index is 10.8. The minimum absolute atomic E-state index is 0. The zero-order valence-electron chi connectivity index (χ0n) is 7.35. The zero-order chi connectivity index (χ0) is 9.84. The number of amides is 1. The number of rotatable bonds is 3. The summed E-state index contributed by atoms with van der Waals surface area (Å²) in [6.07, 6.45) is 1.34. The van der Waals surface area contributed by atoms with Crippen LogP contribution in [0.4, 0.5) is 5.82 Å². The minimum atomic E-state index is -0.606. The molecule has 1 aromatic rings. The molecule has 0 unspecified atom stereocenters. The van der Waals surface area contributed by atoms with Gasteiger partial charge in [-0.05, 0) is 0 Å². The number of carbonyl (C=O) groups excluding carboxylic acids is 1. The molecule has 1 amide bonds. The Kier molecular flexibility index (Phi) is 4.27. The van der Waals surface area contributed by atoms with Crippen LogP contribution in [0.5, 0.6) is 0 Å². The van der Waals surface area contributed by atoms with Gasteiger partial charge in [0.2, 0.25) is 5.82 Å². The first-order valence-electron chi connectivity index (χ1n) is 3.53. The Bertz CT molecular complexity index is 329. The average molecular weight is 198 g/mol. The second-order valence-corrected chi connectivity index (χ2v) is 2.50. The molecule has 1 heterocycles. The summed E-state index contributed by atoms with van der Waals surface area (Å²) >= 11 is 0. The Morgan fingerprint density at radius 3 is 2.79 bits per heavy atom. The Hall–Kier alpha value is -1.92. The van der Waals surface area contributed by atoms with Crippen molar-refractivity contribution in [2.75, 3.05) is 14.1 Å². The van der Waals surface area contributed by atoms with Gasteiger partial charge in [-0.15, -0.1) is 5.11 Å². The summed E-state index contributed by atoms with van der Waals surface area (Å²) in [7, 11) is 3.42. The molecule has 0 bridgehead atoms. The van der Waals surface area contributed by atoms with Crippen LogP contribution in [0, 0.1) is 0 Å². The highest BCUT2D eigenvalue weighted by molar-refractivity contribution is 5.94. The molecule has 7 nitrogen and oxygen atoms in total. The molecule has 78 valence electrons. The fraction of sp³-hybridized carbons (Fsp3) is 0.429. The van der Waals surface area contributed by atoms with Gasteiger partial charge in [0.05, 0.1) is 6.33 Å². The van der Waals surface area contributed by atoms with Gasteiger partial charge in [0.25, 0.3) is 5.91 Å². The van der Waals surface area contributed by atoms with E-state index >= 15 is 0 Å². The SMILES string of the molecule is C.CN(C)N=Nc1nc[nH]c1C(N)=O. The lowest BCUT2D eigenvalue weighted by Crippen LogP contribution is -2.11. The van der Waals surface area contributed by atoms with Crippen LogP contribution >= 0.6 is 0 Å². The predicted molar refractivity (Wildman–Crippen MR) is 52.0 cm³/mol. The van der Waals surface area contributed by atoms with E-state index in [1.54, 1.807) is 14.1 Å². The first kappa shape index (κ1) is 12.1. The molecular weight excluding hydrogens is 184 g/mol. The van der Waals surface area contributed by atoms with Crippen LogP contribution in [0.2, 0.25) is 0 Å². The molecule has 0 saturated heterocycles. The molecule has 0 saturated carbocycles. The van der Waals surface area contributed by atoms with Crippen molar-refractivity contribution in [3.63, 3.8) is 0 Å². The van der Waals surface area contributed by atoms with E-state index in [-0.39, 0.29) is 18.9 Å². The number of imidazole rings is 1. The van der Waals surface area contributed by atoms with Crippen LogP contribution in [0.15, 0.2) is 16.7 Å². The third-order valence-corrected chi connectivity index (χ3v) is 1.18. The molecule has 0 fully saturated rings. The predicted octanol–water partition coefficient (Wildman–Crippen LogP) is 0.705. The molecular formula is C7H14N6O. The van der Waals surface area contributed by atoms with Gasteiger partial charge in [-0.3, -0.25) is 9.80 Å². The van der Waals surface area contributed by atoms with Crippen molar-refractivity contribution in [1.29, 1.82) is 0 Å². The van der Waals surface area contributed by atoms with Crippen molar-refractivity contribution in [2.45, 2.75) is 7.43 Å². The second-order valence-electron chi connectivity index (χ2n) is 2.50. The number of nitrogens with one attached hydrogen (secondary N) is 1. The maximum atomic E-state index is 10.8. The van der Waals surface area contributed by atoms with Crippen molar-refractivity contribution in [1.82, 2.24) is 15.0 Å². The van der Waals surface area contributed by atoms with Crippen LogP contribution in [0.25, 0.3) is 0 Å².